The van der Waals surface area contributed by atoms with E-state index in [1.807, 2.05) is 64.1 Å². The molecular formula is C49H68ClN7O9. The molecule has 1 fully saturated rings. The van der Waals surface area contributed by atoms with E-state index < -0.39 is 17.7 Å². The van der Waals surface area contributed by atoms with Gasteiger partial charge in [0, 0.05) is 73.2 Å². The molecule has 0 aromatic heterocycles. The van der Waals surface area contributed by atoms with Crippen LogP contribution in [0.5, 0.6) is 0 Å². The average molecular weight is 935 g/mol. The highest BCUT2D eigenvalue weighted by Gasteiger charge is 2.30. The molecule has 16 nitrogen and oxygen atoms in total. The summed E-state index contributed by atoms with van der Waals surface area (Å²) in [5.41, 5.74) is 6.49. The monoisotopic (exact) mass is 933 g/mol. The number of aliphatic imine (C=N–C) groups is 1. The van der Waals surface area contributed by atoms with Crippen LogP contribution in [0.3, 0.4) is 0 Å². The summed E-state index contributed by atoms with van der Waals surface area (Å²) >= 11 is 6.71. The first kappa shape index (κ1) is 53.2. The molecule has 0 heterocycles. The number of nitrogens with zero attached hydrogens (tertiary/aromatic N) is 2. The van der Waals surface area contributed by atoms with E-state index in [0.29, 0.717) is 94.3 Å². The maximum atomic E-state index is 14.0. The highest BCUT2D eigenvalue weighted by atomic mass is 35.5. The molecule has 1 atom stereocenters. The van der Waals surface area contributed by atoms with E-state index in [2.05, 4.69) is 36.8 Å². The van der Waals surface area contributed by atoms with E-state index in [9.17, 15) is 19.2 Å². The standard InChI is InChI=1S/C49H68ClN7O9/c1-7-22-54-57-44(51-5)37-16-19-40(20-17-37)55-47(60)43(56-46(59)38-14-10-35(11-15-38)33-53-48(61)66-49(2,3)4)31-34-8-12-36(13-9-34)41-21-18-39(32-42(41)50)45(58)52-23-24-63-27-28-65-30-29-64-26-25-62-6/h8-9,12-13,16-22,32,35,38,43H,7,10-11,14-15,23-31,33H2,1-6H3,(H,51,57)(H,52,58)(H,53,61)(H,55,60)(H,56,59). The third-order valence-corrected chi connectivity index (χ3v) is 10.8. The molecule has 0 bridgehead atoms. The van der Waals surface area contributed by atoms with Gasteiger partial charge < -0.3 is 45.0 Å². The second-order valence-corrected chi connectivity index (χ2v) is 17.2. The SMILES string of the molecule is CCC=NNC(=NC)c1ccc(NC(=O)C(Cc2ccc(-c3ccc(C(=O)NCCOCCOCCOCCOC)cc3Cl)cc2)NC(=O)C2CCC(CNC(=O)OC(C)(C)C)CC2)cc1. The summed E-state index contributed by atoms with van der Waals surface area (Å²) in [6, 6.07) is 19.1. The van der Waals surface area contributed by atoms with Crippen molar-refractivity contribution in [3.8, 4) is 11.1 Å². The van der Waals surface area contributed by atoms with Crippen LogP contribution in [0.15, 0.2) is 76.8 Å². The van der Waals surface area contributed by atoms with Crippen LogP contribution in [0.4, 0.5) is 10.5 Å². The lowest BCUT2D eigenvalue weighted by molar-refractivity contribution is -0.130. The van der Waals surface area contributed by atoms with E-state index in [4.69, 9.17) is 35.3 Å². The fourth-order valence-corrected chi connectivity index (χ4v) is 7.31. The number of hydrogen-bond acceptors (Lipinski definition) is 11. The number of halogens is 1. The summed E-state index contributed by atoms with van der Waals surface area (Å²) in [6.07, 6.45) is 5.08. The van der Waals surface area contributed by atoms with Gasteiger partial charge in [0.25, 0.3) is 5.91 Å². The van der Waals surface area contributed by atoms with Gasteiger partial charge in [-0.3, -0.25) is 24.8 Å². The molecular weight excluding hydrogens is 866 g/mol. The van der Waals surface area contributed by atoms with Crippen molar-refractivity contribution in [2.24, 2.45) is 21.9 Å². The molecule has 4 amide bonds. The van der Waals surface area contributed by atoms with Gasteiger partial charge in [-0.25, -0.2) is 4.79 Å². The van der Waals surface area contributed by atoms with Gasteiger partial charge in [0.15, 0.2) is 0 Å². The first-order valence-corrected chi connectivity index (χ1v) is 23.0. The molecule has 3 aromatic carbocycles. The van der Waals surface area contributed by atoms with E-state index >= 15 is 0 Å². The molecule has 1 unspecified atom stereocenters. The Morgan fingerprint density at radius 2 is 1.45 bits per heavy atom. The van der Waals surface area contributed by atoms with Crippen molar-refractivity contribution in [1.82, 2.24) is 21.4 Å². The minimum Gasteiger partial charge on any atom is -0.444 e. The summed E-state index contributed by atoms with van der Waals surface area (Å²) in [5.74, 6) is -0.294. The zero-order valence-electron chi connectivity index (χ0n) is 39.2. The summed E-state index contributed by atoms with van der Waals surface area (Å²) in [7, 11) is 3.29. The normalized spacial score (nSPS) is 15.8. The van der Waals surface area contributed by atoms with Gasteiger partial charge >= 0.3 is 6.09 Å². The van der Waals surface area contributed by atoms with E-state index in [1.165, 1.54) is 0 Å². The van der Waals surface area contributed by atoms with Crippen molar-refractivity contribution in [3.63, 3.8) is 0 Å². The first-order valence-electron chi connectivity index (χ1n) is 22.6. The molecule has 4 rings (SSSR count). The van der Waals surface area contributed by atoms with Crippen LogP contribution < -0.4 is 26.7 Å². The third kappa shape index (κ3) is 19.2. The van der Waals surface area contributed by atoms with Crippen LogP contribution in [0.2, 0.25) is 5.02 Å². The quantitative estimate of drug-likeness (QED) is 0.0261. The van der Waals surface area contributed by atoms with Gasteiger partial charge in [-0.2, -0.15) is 5.10 Å². The van der Waals surface area contributed by atoms with Gasteiger partial charge in [0.05, 0.1) is 46.2 Å². The number of amides is 4. The van der Waals surface area contributed by atoms with Crippen molar-refractivity contribution < 1.29 is 42.9 Å². The summed E-state index contributed by atoms with van der Waals surface area (Å²) in [5, 5.41) is 16.3. The van der Waals surface area contributed by atoms with Gasteiger partial charge in [-0.15, -0.1) is 0 Å². The van der Waals surface area contributed by atoms with Crippen molar-refractivity contribution in [3.05, 3.63) is 88.4 Å². The van der Waals surface area contributed by atoms with Crippen molar-refractivity contribution in [2.45, 2.75) is 77.9 Å². The second-order valence-electron chi connectivity index (χ2n) is 16.8. The molecule has 1 aliphatic rings. The number of hydrogen-bond donors (Lipinski definition) is 5. The van der Waals surface area contributed by atoms with Gasteiger partial charge in [0.2, 0.25) is 11.8 Å². The number of nitrogens with one attached hydrogen (secondary N) is 5. The summed E-state index contributed by atoms with van der Waals surface area (Å²) in [4.78, 5) is 57.1. The molecule has 3 aromatic rings. The summed E-state index contributed by atoms with van der Waals surface area (Å²) in [6.45, 7) is 11.4. The number of anilines is 1. The molecule has 1 aliphatic carbocycles. The molecule has 66 heavy (non-hydrogen) atoms. The number of alkyl carbamates (subject to hydrolysis) is 1. The van der Waals surface area contributed by atoms with Gasteiger partial charge in [0.1, 0.15) is 17.5 Å². The highest BCUT2D eigenvalue weighted by molar-refractivity contribution is 6.33. The van der Waals surface area contributed by atoms with Crippen LogP contribution in [-0.2, 0) is 39.7 Å². The van der Waals surface area contributed by atoms with E-state index in [-0.39, 0.29) is 36.0 Å². The average Bonchev–Trinajstić information content (AvgIpc) is 3.30. The second kappa shape index (κ2) is 28.6. The Hall–Kier alpha value is -5.39. The Balaban J connectivity index is 1.35. The number of rotatable bonds is 25. The first-order chi connectivity index (χ1) is 31.8. The highest BCUT2D eigenvalue weighted by Crippen LogP contribution is 2.31. The minimum atomic E-state index is -0.885. The molecule has 1 saturated carbocycles. The Bertz CT molecular complexity index is 2030. The van der Waals surface area contributed by atoms with E-state index in [0.717, 1.165) is 41.5 Å². The molecule has 0 saturated heterocycles. The molecule has 5 N–H and O–H groups in total. The largest absolute Gasteiger partial charge is 0.444 e. The zero-order chi connectivity index (χ0) is 47.7. The van der Waals surface area contributed by atoms with Crippen LogP contribution >= 0.6 is 11.6 Å². The van der Waals surface area contributed by atoms with Crippen LogP contribution in [-0.4, -0.2) is 121 Å². The number of methoxy groups -OCH3 is 1. The fourth-order valence-electron chi connectivity index (χ4n) is 7.02. The molecule has 17 heteroatoms. The maximum Gasteiger partial charge on any atom is 0.407 e. The van der Waals surface area contributed by atoms with Crippen molar-refractivity contribution >= 4 is 53.2 Å². The molecule has 360 valence electrons. The van der Waals surface area contributed by atoms with Crippen LogP contribution in [0.25, 0.3) is 11.1 Å². The van der Waals surface area contributed by atoms with Crippen molar-refractivity contribution in [2.75, 3.05) is 78.8 Å². The summed E-state index contributed by atoms with van der Waals surface area (Å²) < 4.78 is 26.6. The fraction of sp³-hybridized carbons (Fsp3) is 0.510. The molecule has 0 aliphatic heterocycles. The van der Waals surface area contributed by atoms with E-state index in [1.54, 1.807) is 50.7 Å². The number of amidine groups is 1. The zero-order valence-corrected chi connectivity index (χ0v) is 40.0. The number of hydrazone groups is 1. The Kier molecular flexibility index (Phi) is 23.1. The predicted octanol–water partition coefficient (Wildman–Crippen LogP) is 6.79. The maximum absolute atomic E-state index is 14.0. The van der Waals surface area contributed by atoms with Gasteiger partial charge in [-0.05, 0) is 106 Å². The number of benzene rings is 3. The Morgan fingerprint density at radius 3 is 2.06 bits per heavy atom. The smallest absolute Gasteiger partial charge is 0.407 e. The lowest BCUT2D eigenvalue weighted by Crippen LogP contribution is -2.48. The molecule has 0 spiro atoms. The minimum absolute atomic E-state index is 0.187. The number of carbonyl (C=O) groups is 4. The number of carbonyl (C=O) groups excluding carboxylic acids is 4. The Morgan fingerprint density at radius 1 is 0.818 bits per heavy atom. The third-order valence-electron chi connectivity index (χ3n) is 10.5. The van der Waals surface area contributed by atoms with Crippen molar-refractivity contribution in [1.29, 1.82) is 0 Å². The lowest BCUT2D eigenvalue weighted by atomic mass is 9.81. The van der Waals surface area contributed by atoms with Gasteiger partial charge in [-0.1, -0.05) is 48.9 Å². The molecule has 0 radical (unpaired) electrons. The Labute approximate surface area is 394 Å². The predicted molar refractivity (Wildman–Crippen MR) is 258 cm³/mol. The topological polar surface area (TPSA) is 199 Å². The van der Waals surface area contributed by atoms with Crippen LogP contribution in [0, 0.1) is 11.8 Å². The van der Waals surface area contributed by atoms with Crippen LogP contribution in [0.1, 0.15) is 81.3 Å². The number of ether oxygens (including phenoxy) is 5. The lowest BCUT2D eigenvalue weighted by Gasteiger charge is -2.29.